The Morgan fingerprint density at radius 1 is 1.02 bits per heavy atom. The summed E-state index contributed by atoms with van der Waals surface area (Å²) in [6, 6.07) is 9.12. The van der Waals surface area contributed by atoms with Crippen molar-refractivity contribution in [2.75, 3.05) is 6.61 Å². The molecule has 8 atom stereocenters. The predicted octanol–water partition coefficient (Wildman–Crippen LogP) is 4.56. The fraction of sp³-hybridized carbons (Fsp3) is 0.562. The van der Waals surface area contributed by atoms with Crippen LogP contribution in [0.15, 0.2) is 54.1 Å². The van der Waals surface area contributed by atoms with Crippen molar-refractivity contribution in [1.82, 2.24) is 0 Å². The van der Waals surface area contributed by atoms with Crippen molar-refractivity contribution < 1.29 is 42.5 Å². The van der Waals surface area contributed by atoms with E-state index < -0.39 is 64.9 Å². The van der Waals surface area contributed by atoms with Crippen LogP contribution in [0.25, 0.3) is 0 Å². The topological polar surface area (TPSA) is 107 Å². The van der Waals surface area contributed by atoms with E-state index in [2.05, 4.69) is 0 Å². The lowest BCUT2D eigenvalue weighted by Gasteiger charge is -2.62. The van der Waals surface area contributed by atoms with Gasteiger partial charge in [0.15, 0.2) is 17.2 Å². The molecule has 4 aliphatic carbocycles. The Morgan fingerprint density at radius 2 is 1.71 bits per heavy atom. The lowest BCUT2D eigenvalue weighted by Crippen LogP contribution is -2.68. The van der Waals surface area contributed by atoms with Gasteiger partial charge in [-0.3, -0.25) is 19.2 Å². The van der Waals surface area contributed by atoms with Crippen LogP contribution in [0, 0.1) is 28.6 Å². The van der Waals surface area contributed by atoms with Crippen molar-refractivity contribution in [1.29, 1.82) is 0 Å². The molecule has 0 radical (unpaired) electrons. The quantitative estimate of drug-likeness (QED) is 0.457. The zero-order valence-electron chi connectivity index (χ0n) is 23.3. The van der Waals surface area contributed by atoms with Gasteiger partial charge in [0.25, 0.3) is 0 Å². The first-order valence-corrected chi connectivity index (χ1v) is 14.2. The molecule has 5 rings (SSSR count). The van der Waals surface area contributed by atoms with Gasteiger partial charge in [-0.25, -0.2) is 8.78 Å². The third kappa shape index (κ3) is 4.96. The molecule has 0 saturated heterocycles. The van der Waals surface area contributed by atoms with Gasteiger partial charge in [-0.15, -0.1) is 0 Å². The third-order valence-electron chi connectivity index (χ3n) is 10.2. The number of rotatable bonds is 8. The number of alkyl halides is 2. The highest BCUT2D eigenvalue weighted by Crippen LogP contribution is 2.69. The first-order valence-electron chi connectivity index (χ1n) is 14.2. The van der Waals surface area contributed by atoms with Crippen LogP contribution in [0.3, 0.4) is 0 Å². The molecule has 1 N–H and O–H groups in total. The number of aliphatic hydroxyl groups excluding tert-OH is 1. The number of ether oxygens (including phenoxy) is 2. The second-order valence-electron chi connectivity index (χ2n) is 12.4. The Kier molecular flexibility index (Phi) is 7.78. The predicted molar refractivity (Wildman–Crippen MR) is 144 cm³/mol. The number of benzene rings is 1. The standard InChI is InChI=1S/C32H36F2O7/c1-30-16-27(37)32(34)23(15-25(33)24-14-20(35)12-13-31(24,32)2)21(30)8-9-22(30)26(36)18-41-29(39)11-10-28(38)40-17-19-6-4-3-5-7-19/h3-7,12-14,21-23,25,27,37H,8-11,15-18H2,1-2H3/t21?,22-,23+,25+,27+,30+,31+,32+/m1/s1. The summed E-state index contributed by atoms with van der Waals surface area (Å²) in [5, 5.41) is 11.3. The minimum atomic E-state index is -2.19. The normalized spacial score (nSPS) is 37.3. The van der Waals surface area contributed by atoms with E-state index in [9.17, 15) is 24.3 Å². The third-order valence-corrected chi connectivity index (χ3v) is 10.2. The first-order chi connectivity index (χ1) is 19.4. The van der Waals surface area contributed by atoms with Gasteiger partial charge in [0.2, 0.25) is 0 Å². The number of esters is 2. The fourth-order valence-corrected chi connectivity index (χ4v) is 8.07. The molecule has 0 heterocycles. The monoisotopic (exact) mass is 570 g/mol. The van der Waals surface area contributed by atoms with Gasteiger partial charge in [-0.05, 0) is 67.2 Å². The summed E-state index contributed by atoms with van der Waals surface area (Å²) >= 11 is 0. The zero-order chi connectivity index (χ0) is 29.6. The largest absolute Gasteiger partial charge is 0.461 e. The summed E-state index contributed by atoms with van der Waals surface area (Å²) in [5.41, 5.74) is -3.59. The van der Waals surface area contributed by atoms with E-state index in [1.807, 2.05) is 37.3 Å². The van der Waals surface area contributed by atoms with Gasteiger partial charge >= 0.3 is 11.9 Å². The van der Waals surface area contributed by atoms with Crippen molar-refractivity contribution in [3.8, 4) is 0 Å². The number of aliphatic hydroxyl groups is 1. The van der Waals surface area contributed by atoms with Crippen molar-refractivity contribution in [3.05, 3.63) is 59.7 Å². The molecule has 1 aromatic carbocycles. The highest BCUT2D eigenvalue weighted by atomic mass is 19.1. The number of ketones is 2. The van der Waals surface area contributed by atoms with Crippen LogP contribution in [-0.4, -0.2) is 53.2 Å². The van der Waals surface area contributed by atoms with Crippen LogP contribution < -0.4 is 0 Å². The van der Waals surface area contributed by atoms with E-state index in [1.54, 1.807) is 6.92 Å². The minimum absolute atomic E-state index is 0.0100. The smallest absolute Gasteiger partial charge is 0.306 e. The minimum Gasteiger partial charge on any atom is -0.461 e. The Bertz CT molecular complexity index is 1290. The maximum absolute atomic E-state index is 17.1. The molecule has 9 heteroatoms. The number of halogens is 2. The molecular weight excluding hydrogens is 534 g/mol. The van der Waals surface area contributed by atoms with Crippen molar-refractivity contribution in [2.45, 2.75) is 76.9 Å². The van der Waals surface area contributed by atoms with E-state index in [-0.39, 0.29) is 49.6 Å². The summed E-state index contributed by atoms with van der Waals surface area (Å²) in [4.78, 5) is 49.5. The van der Waals surface area contributed by atoms with Crippen LogP contribution in [0.1, 0.15) is 57.9 Å². The van der Waals surface area contributed by atoms with E-state index >= 15 is 8.78 Å². The molecular formula is C32H36F2O7. The fourth-order valence-electron chi connectivity index (χ4n) is 8.07. The number of Topliss-reactive ketones (excluding diaryl/α,β-unsaturated/α-hetero) is 1. The Hall–Kier alpha value is -3.20. The number of fused-ring (bicyclic) bond motifs is 5. The molecule has 0 bridgehead atoms. The Morgan fingerprint density at radius 3 is 2.41 bits per heavy atom. The van der Waals surface area contributed by atoms with Gasteiger partial charge in [0.05, 0.1) is 18.9 Å². The molecule has 0 amide bonds. The van der Waals surface area contributed by atoms with Crippen molar-refractivity contribution in [3.63, 3.8) is 0 Å². The maximum Gasteiger partial charge on any atom is 0.306 e. The SMILES string of the molecule is C[C@]12C[C@H](O)[C@@]3(F)[C@@H](C[C@H](F)C4=CC(=O)C=C[C@@]43C)C1CC[C@@H]2C(=O)COC(=O)CCC(=O)OCc1ccccc1. The van der Waals surface area contributed by atoms with E-state index in [4.69, 9.17) is 9.47 Å². The molecule has 0 aromatic heterocycles. The molecule has 7 nitrogen and oxygen atoms in total. The average Bonchev–Trinajstić information content (AvgIpc) is 3.29. The second-order valence-corrected chi connectivity index (χ2v) is 12.4. The number of hydrogen-bond donors (Lipinski definition) is 1. The number of carbonyl (C=O) groups is 4. The molecule has 3 saturated carbocycles. The van der Waals surface area contributed by atoms with Gasteiger partial charge in [-0.2, -0.15) is 0 Å². The molecule has 4 aliphatic rings. The van der Waals surface area contributed by atoms with Gasteiger partial charge in [0.1, 0.15) is 19.4 Å². The molecule has 1 unspecified atom stereocenters. The second kappa shape index (κ2) is 10.9. The molecule has 0 spiro atoms. The van der Waals surface area contributed by atoms with E-state index in [1.165, 1.54) is 12.2 Å². The number of carbonyl (C=O) groups excluding carboxylic acids is 4. The van der Waals surface area contributed by atoms with Crippen LogP contribution in [0.5, 0.6) is 0 Å². The molecule has 220 valence electrons. The molecule has 0 aliphatic heterocycles. The average molecular weight is 571 g/mol. The highest BCUT2D eigenvalue weighted by molar-refractivity contribution is 6.01. The summed E-state index contributed by atoms with van der Waals surface area (Å²) in [6.45, 7) is 2.98. The van der Waals surface area contributed by atoms with Crippen LogP contribution in [-0.2, 0) is 35.3 Å². The Labute approximate surface area is 238 Å². The summed E-state index contributed by atoms with van der Waals surface area (Å²) in [5.74, 6) is -3.83. The van der Waals surface area contributed by atoms with Gasteiger partial charge in [0, 0.05) is 17.3 Å². The Balaban J connectivity index is 1.19. The van der Waals surface area contributed by atoms with E-state index in [0.29, 0.717) is 12.8 Å². The van der Waals surface area contributed by atoms with Gasteiger partial charge in [-0.1, -0.05) is 43.3 Å². The van der Waals surface area contributed by atoms with Crippen molar-refractivity contribution >= 4 is 23.5 Å². The lowest BCUT2D eigenvalue weighted by atomic mass is 9.45. The van der Waals surface area contributed by atoms with Crippen LogP contribution >= 0.6 is 0 Å². The first kappa shape index (κ1) is 29.3. The zero-order valence-corrected chi connectivity index (χ0v) is 23.3. The summed E-state index contributed by atoms with van der Waals surface area (Å²) < 4.78 is 42.9. The van der Waals surface area contributed by atoms with Gasteiger partial charge < -0.3 is 14.6 Å². The molecule has 41 heavy (non-hydrogen) atoms. The van der Waals surface area contributed by atoms with Crippen LogP contribution in [0.4, 0.5) is 8.78 Å². The summed E-state index contributed by atoms with van der Waals surface area (Å²) in [6.07, 6.45) is 1.04. The number of hydrogen-bond acceptors (Lipinski definition) is 7. The van der Waals surface area contributed by atoms with Crippen molar-refractivity contribution in [2.24, 2.45) is 28.6 Å². The summed E-state index contributed by atoms with van der Waals surface area (Å²) in [7, 11) is 0. The maximum atomic E-state index is 17.1. The molecule has 1 aromatic rings. The van der Waals surface area contributed by atoms with Crippen LogP contribution in [0.2, 0.25) is 0 Å². The number of allylic oxidation sites excluding steroid dienone is 4. The lowest BCUT2D eigenvalue weighted by molar-refractivity contribution is -0.202. The highest BCUT2D eigenvalue weighted by Gasteiger charge is 2.72. The molecule has 3 fully saturated rings. The van der Waals surface area contributed by atoms with E-state index in [0.717, 1.165) is 11.6 Å².